The van der Waals surface area contributed by atoms with Gasteiger partial charge in [0, 0.05) is 57.2 Å². The van der Waals surface area contributed by atoms with Crippen LogP contribution in [0.2, 0.25) is 0 Å². The second-order valence-electron chi connectivity index (χ2n) is 7.62. The summed E-state index contributed by atoms with van der Waals surface area (Å²) in [6, 6.07) is 9.58. The first-order valence-electron chi connectivity index (χ1n) is 9.87. The fourth-order valence-corrected chi connectivity index (χ4v) is 4.09. The lowest BCUT2D eigenvalue weighted by atomic mass is 10.1. The van der Waals surface area contributed by atoms with Crippen molar-refractivity contribution in [1.29, 1.82) is 0 Å². The molecule has 1 fully saturated rings. The predicted octanol–water partition coefficient (Wildman–Crippen LogP) is 1.98. The molecular weight excluding hydrogens is 368 g/mol. The van der Waals surface area contributed by atoms with Gasteiger partial charge in [0.1, 0.15) is 0 Å². The Hall–Kier alpha value is -3.22. The lowest BCUT2D eigenvalue weighted by Crippen LogP contribution is -2.50. The number of aromatic nitrogens is 1. The van der Waals surface area contributed by atoms with Crippen LogP contribution >= 0.6 is 0 Å². The van der Waals surface area contributed by atoms with Crippen molar-refractivity contribution < 1.29 is 14.4 Å². The van der Waals surface area contributed by atoms with Gasteiger partial charge >= 0.3 is 0 Å². The van der Waals surface area contributed by atoms with Gasteiger partial charge in [-0.3, -0.25) is 19.4 Å². The van der Waals surface area contributed by atoms with Gasteiger partial charge in [-0.1, -0.05) is 18.2 Å². The molecule has 7 nitrogen and oxygen atoms in total. The topological polar surface area (TPSA) is 73.8 Å². The number of hydrogen-bond acceptors (Lipinski definition) is 4. The van der Waals surface area contributed by atoms with Gasteiger partial charge in [0.25, 0.3) is 11.8 Å². The number of carbonyl (C=O) groups is 3. The second-order valence-corrected chi connectivity index (χ2v) is 7.62. The van der Waals surface area contributed by atoms with E-state index in [2.05, 4.69) is 4.98 Å². The summed E-state index contributed by atoms with van der Waals surface area (Å²) in [6.07, 6.45) is 3.83. The molecule has 1 saturated heterocycles. The standard InChI is InChI=1S/C22H24N4O3/c1-15-11-17-5-3-4-6-20(17)26(15)22(29)19-12-18(13-23-14-19)21(28)25-9-7-24(8-10-25)16(2)27/h3-6,12-15H,7-11H2,1-2H3. The maximum atomic E-state index is 13.2. The second kappa shape index (κ2) is 7.66. The molecule has 0 saturated carbocycles. The fourth-order valence-electron chi connectivity index (χ4n) is 4.09. The van der Waals surface area contributed by atoms with Crippen molar-refractivity contribution in [3.8, 4) is 0 Å². The first-order valence-corrected chi connectivity index (χ1v) is 9.87. The van der Waals surface area contributed by atoms with Crippen molar-refractivity contribution in [2.45, 2.75) is 26.3 Å². The molecule has 1 aromatic carbocycles. The van der Waals surface area contributed by atoms with Gasteiger partial charge < -0.3 is 14.7 Å². The van der Waals surface area contributed by atoms with Crippen LogP contribution in [0.3, 0.4) is 0 Å². The van der Waals surface area contributed by atoms with Crippen molar-refractivity contribution in [3.63, 3.8) is 0 Å². The van der Waals surface area contributed by atoms with Crippen LogP contribution in [0.15, 0.2) is 42.7 Å². The summed E-state index contributed by atoms with van der Waals surface area (Å²) >= 11 is 0. The van der Waals surface area contributed by atoms with Crippen LogP contribution in [0.5, 0.6) is 0 Å². The van der Waals surface area contributed by atoms with E-state index in [1.54, 1.807) is 20.8 Å². The number of fused-ring (bicyclic) bond motifs is 1. The van der Waals surface area contributed by atoms with E-state index in [0.717, 1.165) is 17.7 Å². The number of carbonyl (C=O) groups excluding carboxylic acids is 3. The highest BCUT2D eigenvalue weighted by Gasteiger charge is 2.32. The van der Waals surface area contributed by atoms with Crippen molar-refractivity contribution >= 4 is 23.4 Å². The van der Waals surface area contributed by atoms with E-state index < -0.39 is 0 Å². The number of hydrogen-bond donors (Lipinski definition) is 0. The average molecular weight is 392 g/mol. The van der Waals surface area contributed by atoms with Gasteiger partial charge in [0.15, 0.2) is 0 Å². The maximum absolute atomic E-state index is 13.2. The molecule has 2 aliphatic heterocycles. The Balaban J connectivity index is 1.53. The van der Waals surface area contributed by atoms with Crippen LogP contribution in [0.25, 0.3) is 0 Å². The first-order chi connectivity index (χ1) is 14.0. The van der Waals surface area contributed by atoms with Crippen molar-refractivity contribution in [1.82, 2.24) is 14.8 Å². The third-order valence-corrected chi connectivity index (χ3v) is 5.67. The molecule has 29 heavy (non-hydrogen) atoms. The zero-order valence-electron chi connectivity index (χ0n) is 16.7. The van der Waals surface area contributed by atoms with Crippen molar-refractivity contribution in [2.75, 3.05) is 31.1 Å². The van der Waals surface area contributed by atoms with E-state index in [1.165, 1.54) is 19.3 Å². The number of benzene rings is 1. The number of para-hydroxylation sites is 1. The molecule has 7 heteroatoms. The zero-order chi connectivity index (χ0) is 20.5. The van der Waals surface area contributed by atoms with E-state index in [1.807, 2.05) is 31.2 Å². The smallest absolute Gasteiger partial charge is 0.260 e. The molecule has 0 N–H and O–H groups in total. The molecule has 1 atom stereocenters. The Kier molecular flexibility index (Phi) is 5.05. The average Bonchev–Trinajstić information content (AvgIpc) is 3.08. The molecule has 1 aromatic heterocycles. The summed E-state index contributed by atoms with van der Waals surface area (Å²) in [5.74, 6) is -0.289. The number of anilines is 1. The highest BCUT2D eigenvalue weighted by Crippen LogP contribution is 2.33. The number of piperazine rings is 1. The van der Waals surface area contributed by atoms with Gasteiger partial charge in [-0.15, -0.1) is 0 Å². The van der Waals surface area contributed by atoms with E-state index in [9.17, 15) is 14.4 Å². The molecule has 0 bridgehead atoms. The normalized spacial score (nSPS) is 18.6. The molecule has 4 rings (SSSR count). The molecule has 3 amide bonds. The molecule has 150 valence electrons. The summed E-state index contributed by atoms with van der Waals surface area (Å²) in [4.78, 5) is 47.0. The predicted molar refractivity (Wildman–Crippen MR) is 109 cm³/mol. The number of nitrogens with zero attached hydrogens (tertiary/aromatic N) is 4. The van der Waals surface area contributed by atoms with Gasteiger partial charge in [-0.05, 0) is 31.0 Å². The first kappa shape index (κ1) is 19.1. The summed E-state index contributed by atoms with van der Waals surface area (Å²) in [6.45, 7) is 5.56. The largest absolute Gasteiger partial charge is 0.339 e. The molecule has 3 heterocycles. The molecule has 0 spiro atoms. The molecule has 0 radical (unpaired) electrons. The van der Waals surface area contributed by atoms with Gasteiger partial charge in [-0.2, -0.15) is 0 Å². The number of rotatable bonds is 2. The van der Waals surface area contributed by atoms with Crippen molar-refractivity contribution in [2.24, 2.45) is 0 Å². The Morgan fingerprint density at radius 3 is 2.24 bits per heavy atom. The summed E-state index contributed by atoms with van der Waals surface area (Å²) < 4.78 is 0. The van der Waals surface area contributed by atoms with E-state index >= 15 is 0 Å². The number of pyridine rings is 1. The van der Waals surface area contributed by atoms with Crippen LogP contribution in [0.1, 0.15) is 40.1 Å². The minimum Gasteiger partial charge on any atom is -0.339 e. The highest BCUT2D eigenvalue weighted by atomic mass is 16.2. The monoisotopic (exact) mass is 392 g/mol. The third kappa shape index (κ3) is 3.60. The van der Waals surface area contributed by atoms with Crippen LogP contribution in [0, 0.1) is 0 Å². The summed E-state index contributed by atoms with van der Waals surface area (Å²) in [7, 11) is 0. The van der Waals surface area contributed by atoms with Crippen LogP contribution in [-0.2, 0) is 11.2 Å². The Labute approximate surface area is 169 Å². The quantitative estimate of drug-likeness (QED) is 0.783. The Bertz CT molecular complexity index is 966. The van der Waals surface area contributed by atoms with Gasteiger partial charge in [0.05, 0.1) is 11.1 Å². The molecule has 2 aromatic rings. The van der Waals surface area contributed by atoms with E-state index in [4.69, 9.17) is 0 Å². The lowest BCUT2D eigenvalue weighted by Gasteiger charge is -2.34. The van der Waals surface area contributed by atoms with Crippen LogP contribution in [0.4, 0.5) is 5.69 Å². The zero-order valence-corrected chi connectivity index (χ0v) is 16.7. The minimum atomic E-state index is -0.162. The lowest BCUT2D eigenvalue weighted by molar-refractivity contribution is -0.130. The molecule has 1 unspecified atom stereocenters. The number of amides is 3. The van der Waals surface area contributed by atoms with E-state index in [0.29, 0.717) is 37.3 Å². The highest BCUT2D eigenvalue weighted by molar-refractivity contribution is 6.08. The Morgan fingerprint density at radius 1 is 0.931 bits per heavy atom. The SMILES string of the molecule is CC(=O)N1CCN(C(=O)c2cncc(C(=O)N3c4ccccc4CC3C)c2)CC1. The van der Waals surface area contributed by atoms with Crippen molar-refractivity contribution in [3.05, 3.63) is 59.4 Å². The summed E-state index contributed by atoms with van der Waals surface area (Å²) in [5, 5.41) is 0. The summed E-state index contributed by atoms with van der Waals surface area (Å²) in [5.41, 5.74) is 2.87. The van der Waals surface area contributed by atoms with Crippen LogP contribution in [-0.4, -0.2) is 64.7 Å². The molecule has 2 aliphatic rings. The Morgan fingerprint density at radius 2 is 1.55 bits per heavy atom. The third-order valence-electron chi connectivity index (χ3n) is 5.67. The molecule has 0 aliphatic carbocycles. The fraction of sp³-hybridized carbons (Fsp3) is 0.364. The van der Waals surface area contributed by atoms with Gasteiger partial charge in [-0.25, -0.2) is 0 Å². The molecular formula is C22H24N4O3. The van der Waals surface area contributed by atoms with E-state index in [-0.39, 0.29) is 23.8 Å². The van der Waals surface area contributed by atoms with Gasteiger partial charge in [0.2, 0.25) is 5.91 Å². The minimum absolute atomic E-state index is 0.0198. The van der Waals surface area contributed by atoms with Crippen LogP contribution < -0.4 is 4.90 Å². The maximum Gasteiger partial charge on any atom is 0.260 e.